The largest absolute Gasteiger partial charge is 0.444 e. The Morgan fingerprint density at radius 3 is 2.30 bits per heavy atom. The minimum atomic E-state index is -0.461. The Bertz CT molecular complexity index is 595. The molecule has 1 unspecified atom stereocenters. The zero-order chi connectivity index (χ0) is 16.7. The Hall–Kier alpha value is -1.84. The molecule has 0 N–H and O–H groups in total. The lowest BCUT2D eigenvalue weighted by atomic mass is 9.88. The van der Waals surface area contributed by atoms with E-state index in [1.165, 1.54) is 0 Å². The van der Waals surface area contributed by atoms with E-state index in [0.29, 0.717) is 13.1 Å². The number of benzene rings is 1. The van der Waals surface area contributed by atoms with Gasteiger partial charge in [0.15, 0.2) is 5.78 Å². The van der Waals surface area contributed by atoms with Crippen molar-refractivity contribution in [2.75, 3.05) is 13.1 Å². The molecule has 1 atom stereocenters. The first-order valence-electron chi connectivity index (χ1n) is 8.38. The van der Waals surface area contributed by atoms with E-state index in [9.17, 15) is 9.59 Å². The molecule has 1 aromatic rings. The van der Waals surface area contributed by atoms with Crippen LogP contribution in [-0.4, -0.2) is 35.5 Å². The number of nitrogens with zero attached hydrogens (tertiary/aromatic N) is 1. The van der Waals surface area contributed by atoms with Crippen molar-refractivity contribution >= 4 is 11.9 Å². The molecule has 1 aliphatic heterocycles. The molecule has 1 heterocycles. The first kappa shape index (κ1) is 16.0. The Labute approximate surface area is 137 Å². The third-order valence-electron chi connectivity index (χ3n) is 4.98. The van der Waals surface area contributed by atoms with Crippen molar-refractivity contribution < 1.29 is 14.3 Å². The monoisotopic (exact) mass is 315 g/mol. The second-order valence-electron chi connectivity index (χ2n) is 7.82. The summed E-state index contributed by atoms with van der Waals surface area (Å²) in [6, 6.07) is 9.54. The summed E-state index contributed by atoms with van der Waals surface area (Å²) in [7, 11) is 0. The van der Waals surface area contributed by atoms with Gasteiger partial charge in [-0.15, -0.1) is 0 Å². The van der Waals surface area contributed by atoms with E-state index in [1.54, 1.807) is 4.90 Å². The van der Waals surface area contributed by atoms with Gasteiger partial charge in [0.05, 0.1) is 0 Å². The number of ether oxygens (including phenoxy) is 1. The number of ketones is 1. The van der Waals surface area contributed by atoms with Gasteiger partial charge in [-0.1, -0.05) is 30.3 Å². The maximum atomic E-state index is 12.6. The second-order valence-corrected chi connectivity index (χ2v) is 7.82. The number of hydrogen-bond acceptors (Lipinski definition) is 3. The molecule has 4 nitrogen and oxygen atoms in total. The summed E-state index contributed by atoms with van der Waals surface area (Å²) in [5.41, 5.74) is 0.465. The third-order valence-corrected chi connectivity index (χ3v) is 4.98. The lowest BCUT2D eigenvalue weighted by molar-refractivity contribution is 0.0167. The standard InChI is InChI=1S/C19H25NO3/c1-18(2,3)23-17(22)20-11-9-19(10-12-20)13-15(19)16(21)14-7-5-4-6-8-14/h4-8,15H,9-13H2,1-3H3. The number of amides is 1. The van der Waals surface area contributed by atoms with E-state index in [2.05, 4.69) is 0 Å². The van der Waals surface area contributed by atoms with Crippen molar-refractivity contribution in [2.45, 2.75) is 45.6 Å². The lowest BCUT2D eigenvalue weighted by Gasteiger charge is -2.34. The van der Waals surface area contributed by atoms with Crippen molar-refractivity contribution in [2.24, 2.45) is 11.3 Å². The molecule has 4 heteroatoms. The van der Waals surface area contributed by atoms with E-state index in [1.807, 2.05) is 51.1 Å². The van der Waals surface area contributed by atoms with Crippen LogP contribution >= 0.6 is 0 Å². The van der Waals surface area contributed by atoms with E-state index >= 15 is 0 Å². The molecular weight excluding hydrogens is 290 g/mol. The molecule has 2 fully saturated rings. The predicted octanol–water partition coefficient (Wildman–Crippen LogP) is 3.91. The fourth-order valence-electron chi connectivity index (χ4n) is 3.54. The van der Waals surface area contributed by atoms with Gasteiger partial charge in [0.25, 0.3) is 0 Å². The van der Waals surface area contributed by atoms with Crippen LogP contribution in [0.25, 0.3) is 0 Å². The van der Waals surface area contributed by atoms with Crippen molar-refractivity contribution in [1.82, 2.24) is 4.90 Å². The van der Waals surface area contributed by atoms with Gasteiger partial charge in [0.1, 0.15) is 5.60 Å². The number of hydrogen-bond donors (Lipinski definition) is 0. The average molecular weight is 315 g/mol. The Kier molecular flexibility index (Phi) is 3.95. The highest BCUT2D eigenvalue weighted by atomic mass is 16.6. The van der Waals surface area contributed by atoms with Gasteiger partial charge in [0, 0.05) is 24.6 Å². The van der Waals surface area contributed by atoms with Crippen LogP contribution in [0.15, 0.2) is 30.3 Å². The van der Waals surface area contributed by atoms with Crippen LogP contribution in [0.5, 0.6) is 0 Å². The maximum Gasteiger partial charge on any atom is 0.410 e. The fourth-order valence-corrected chi connectivity index (χ4v) is 3.54. The number of carbonyl (C=O) groups excluding carboxylic acids is 2. The molecule has 1 aliphatic carbocycles. The molecule has 23 heavy (non-hydrogen) atoms. The molecule has 124 valence electrons. The van der Waals surface area contributed by atoms with Gasteiger partial charge in [-0.2, -0.15) is 0 Å². The quantitative estimate of drug-likeness (QED) is 0.777. The molecule has 1 saturated heterocycles. The predicted molar refractivity (Wildman–Crippen MR) is 88.4 cm³/mol. The van der Waals surface area contributed by atoms with Crippen LogP contribution in [0, 0.1) is 11.3 Å². The number of rotatable bonds is 2. The summed E-state index contributed by atoms with van der Waals surface area (Å²) in [5.74, 6) is 0.391. The van der Waals surface area contributed by atoms with Gasteiger partial charge < -0.3 is 9.64 Å². The summed E-state index contributed by atoms with van der Waals surface area (Å²) in [4.78, 5) is 26.5. The van der Waals surface area contributed by atoms with Crippen molar-refractivity contribution in [3.8, 4) is 0 Å². The highest BCUT2D eigenvalue weighted by Gasteiger charge is 2.58. The number of likely N-dealkylation sites (tertiary alicyclic amines) is 1. The fraction of sp³-hybridized carbons (Fsp3) is 0.579. The van der Waals surface area contributed by atoms with Crippen LogP contribution in [0.2, 0.25) is 0 Å². The van der Waals surface area contributed by atoms with Crippen LogP contribution in [0.4, 0.5) is 4.79 Å². The van der Waals surface area contributed by atoms with Crippen LogP contribution in [-0.2, 0) is 4.74 Å². The van der Waals surface area contributed by atoms with Gasteiger partial charge in [-0.05, 0) is 45.4 Å². The molecule has 1 saturated carbocycles. The molecule has 3 rings (SSSR count). The first-order chi connectivity index (χ1) is 10.8. The summed E-state index contributed by atoms with van der Waals surface area (Å²) in [6.07, 6.45) is 2.52. The van der Waals surface area contributed by atoms with Crippen LogP contribution in [0.1, 0.15) is 50.4 Å². The first-order valence-corrected chi connectivity index (χ1v) is 8.38. The molecule has 0 bridgehead atoms. The van der Waals surface area contributed by atoms with Crippen molar-refractivity contribution in [3.05, 3.63) is 35.9 Å². The summed E-state index contributed by atoms with van der Waals surface area (Å²) in [6.45, 7) is 7.02. The van der Waals surface area contributed by atoms with Crippen LogP contribution in [0.3, 0.4) is 0 Å². The number of carbonyl (C=O) groups is 2. The molecule has 0 aromatic heterocycles. The average Bonchev–Trinajstić information content (AvgIpc) is 3.20. The molecule has 1 spiro atoms. The minimum Gasteiger partial charge on any atom is -0.444 e. The lowest BCUT2D eigenvalue weighted by Crippen LogP contribution is -2.42. The third kappa shape index (κ3) is 3.41. The zero-order valence-electron chi connectivity index (χ0n) is 14.2. The minimum absolute atomic E-state index is 0.117. The highest BCUT2D eigenvalue weighted by Crippen LogP contribution is 2.60. The van der Waals surface area contributed by atoms with E-state index in [4.69, 9.17) is 4.74 Å². The van der Waals surface area contributed by atoms with Crippen molar-refractivity contribution in [1.29, 1.82) is 0 Å². The van der Waals surface area contributed by atoms with E-state index in [0.717, 1.165) is 24.8 Å². The zero-order valence-corrected chi connectivity index (χ0v) is 14.2. The summed E-state index contributed by atoms with van der Waals surface area (Å²) in [5, 5.41) is 0. The Morgan fingerprint density at radius 2 is 1.74 bits per heavy atom. The second kappa shape index (κ2) is 5.66. The van der Waals surface area contributed by atoms with E-state index in [-0.39, 0.29) is 23.2 Å². The SMILES string of the molecule is CC(C)(C)OC(=O)N1CCC2(CC1)CC2C(=O)c1ccccc1. The molecule has 1 amide bonds. The van der Waals surface area contributed by atoms with Gasteiger partial charge in [0.2, 0.25) is 0 Å². The van der Waals surface area contributed by atoms with Crippen molar-refractivity contribution in [3.63, 3.8) is 0 Å². The molecule has 0 radical (unpaired) electrons. The maximum absolute atomic E-state index is 12.6. The normalized spacial score (nSPS) is 22.7. The van der Waals surface area contributed by atoms with Gasteiger partial charge in [-0.25, -0.2) is 4.79 Å². The molecule has 2 aliphatic rings. The Balaban J connectivity index is 1.56. The summed E-state index contributed by atoms with van der Waals surface area (Å²) < 4.78 is 5.43. The Morgan fingerprint density at radius 1 is 1.13 bits per heavy atom. The molecule has 1 aromatic carbocycles. The number of piperidine rings is 1. The van der Waals surface area contributed by atoms with Gasteiger partial charge >= 0.3 is 6.09 Å². The molecular formula is C19H25NO3. The number of Topliss-reactive ketones (excluding diaryl/α,β-unsaturated/α-hetero) is 1. The van der Waals surface area contributed by atoms with Crippen LogP contribution < -0.4 is 0 Å². The summed E-state index contributed by atoms with van der Waals surface area (Å²) >= 11 is 0. The van der Waals surface area contributed by atoms with Gasteiger partial charge in [-0.3, -0.25) is 4.79 Å². The topological polar surface area (TPSA) is 46.6 Å². The smallest absolute Gasteiger partial charge is 0.410 e. The highest BCUT2D eigenvalue weighted by molar-refractivity contribution is 6.00. The van der Waals surface area contributed by atoms with E-state index < -0.39 is 5.60 Å².